The summed E-state index contributed by atoms with van der Waals surface area (Å²) in [6.45, 7) is 7.18. The molecule has 18 heavy (non-hydrogen) atoms. The first-order valence-corrected chi connectivity index (χ1v) is 6.41. The molecule has 0 aliphatic heterocycles. The first kappa shape index (κ1) is 12.6. The van der Waals surface area contributed by atoms with Gasteiger partial charge in [-0.2, -0.15) is 5.10 Å². The minimum Gasteiger partial charge on any atom is -0.383 e. The van der Waals surface area contributed by atoms with Crippen molar-refractivity contribution in [3.05, 3.63) is 40.8 Å². The molecule has 0 radical (unpaired) electrons. The zero-order valence-corrected chi connectivity index (χ0v) is 11.3. The lowest BCUT2D eigenvalue weighted by Crippen LogP contribution is -2.07. The average molecular weight is 244 g/mol. The lowest BCUT2D eigenvalue weighted by molar-refractivity contribution is 0.621. The first-order chi connectivity index (χ1) is 8.65. The van der Waals surface area contributed by atoms with Crippen LogP contribution in [0.4, 0.5) is 5.82 Å². The second kappa shape index (κ2) is 5.21. The molecule has 4 nitrogen and oxygen atoms in total. The van der Waals surface area contributed by atoms with Gasteiger partial charge in [0.1, 0.15) is 5.82 Å². The highest BCUT2D eigenvalue weighted by molar-refractivity contribution is 5.46. The summed E-state index contributed by atoms with van der Waals surface area (Å²) in [6, 6.07) is 4.16. The molecule has 96 valence electrons. The van der Waals surface area contributed by atoms with Crippen molar-refractivity contribution in [2.75, 3.05) is 5.73 Å². The highest BCUT2D eigenvalue weighted by atomic mass is 15.3. The van der Waals surface area contributed by atoms with Gasteiger partial charge >= 0.3 is 0 Å². The lowest BCUT2D eigenvalue weighted by Gasteiger charge is -2.09. The molecule has 0 aromatic carbocycles. The zero-order chi connectivity index (χ0) is 13.1. The molecule has 2 rings (SSSR count). The maximum absolute atomic E-state index is 5.96. The minimum atomic E-state index is 0.622. The second-order valence-electron chi connectivity index (χ2n) is 4.46. The molecule has 0 atom stereocenters. The van der Waals surface area contributed by atoms with Crippen molar-refractivity contribution in [1.29, 1.82) is 0 Å². The largest absolute Gasteiger partial charge is 0.383 e. The third kappa shape index (κ3) is 2.37. The van der Waals surface area contributed by atoms with E-state index < -0.39 is 0 Å². The average Bonchev–Trinajstić information content (AvgIpc) is 2.76. The fourth-order valence-corrected chi connectivity index (χ4v) is 2.12. The van der Waals surface area contributed by atoms with Crippen molar-refractivity contribution >= 4 is 5.82 Å². The van der Waals surface area contributed by atoms with E-state index in [-0.39, 0.29) is 0 Å². The fourth-order valence-electron chi connectivity index (χ4n) is 2.12. The topological polar surface area (TPSA) is 56.7 Å². The van der Waals surface area contributed by atoms with Crippen LogP contribution in [0.1, 0.15) is 36.4 Å². The summed E-state index contributed by atoms with van der Waals surface area (Å²) in [5.41, 5.74) is 10.6. The van der Waals surface area contributed by atoms with Crippen molar-refractivity contribution < 1.29 is 0 Å². The van der Waals surface area contributed by atoms with Crippen LogP contribution in [-0.4, -0.2) is 14.8 Å². The molecule has 2 aromatic heterocycles. The predicted molar refractivity (Wildman–Crippen MR) is 73.5 cm³/mol. The number of anilines is 1. The van der Waals surface area contributed by atoms with E-state index in [0.29, 0.717) is 5.82 Å². The highest BCUT2D eigenvalue weighted by Gasteiger charge is 2.10. The summed E-state index contributed by atoms with van der Waals surface area (Å²) in [5, 5.41) is 4.56. The van der Waals surface area contributed by atoms with Gasteiger partial charge in [0.15, 0.2) is 0 Å². The molecule has 0 saturated heterocycles. The summed E-state index contributed by atoms with van der Waals surface area (Å²) >= 11 is 0. The Balaban J connectivity index is 2.36. The standard InChI is InChI=1S/C14H20N4/c1-4-11-8-12(18(5-2)17-11)9-13-10(3)6-7-16-14(13)15/h6-8H,4-5,9H2,1-3H3,(H2,15,16). The van der Waals surface area contributed by atoms with E-state index in [9.17, 15) is 0 Å². The third-order valence-corrected chi connectivity index (χ3v) is 3.26. The van der Waals surface area contributed by atoms with E-state index in [1.54, 1.807) is 6.20 Å². The van der Waals surface area contributed by atoms with Crippen molar-refractivity contribution in [3.8, 4) is 0 Å². The van der Waals surface area contributed by atoms with E-state index in [4.69, 9.17) is 5.73 Å². The number of nitrogen functional groups attached to an aromatic ring is 1. The van der Waals surface area contributed by atoms with E-state index in [1.807, 2.05) is 10.7 Å². The number of aromatic nitrogens is 3. The van der Waals surface area contributed by atoms with Crippen molar-refractivity contribution in [2.45, 2.75) is 40.2 Å². The SMILES string of the molecule is CCc1cc(Cc2c(C)ccnc2N)n(CC)n1. The molecule has 2 heterocycles. The van der Waals surface area contributed by atoms with Crippen LogP contribution in [0.5, 0.6) is 0 Å². The van der Waals surface area contributed by atoms with E-state index in [2.05, 4.69) is 36.9 Å². The number of hydrogen-bond acceptors (Lipinski definition) is 3. The Morgan fingerprint density at radius 3 is 2.72 bits per heavy atom. The number of rotatable bonds is 4. The smallest absolute Gasteiger partial charge is 0.127 e. The van der Waals surface area contributed by atoms with Crippen LogP contribution < -0.4 is 5.73 Å². The van der Waals surface area contributed by atoms with E-state index in [0.717, 1.165) is 30.6 Å². The predicted octanol–water partition coefficient (Wildman–Crippen LogP) is 2.34. The molecule has 2 N–H and O–H groups in total. The lowest BCUT2D eigenvalue weighted by atomic mass is 10.1. The Labute approximate surface area is 108 Å². The van der Waals surface area contributed by atoms with Gasteiger partial charge in [0, 0.05) is 30.4 Å². The quantitative estimate of drug-likeness (QED) is 0.898. The van der Waals surface area contributed by atoms with Crippen LogP contribution in [0.15, 0.2) is 18.3 Å². The summed E-state index contributed by atoms with van der Waals surface area (Å²) in [5.74, 6) is 0.622. The molecule has 0 aliphatic carbocycles. The zero-order valence-electron chi connectivity index (χ0n) is 11.3. The Morgan fingerprint density at radius 1 is 1.33 bits per heavy atom. The summed E-state index contributed by atoms with van der Waals surface area (Å²) < 4.78 is 2.05. The Bertz CT molecular complexity index is 522. The van der Waals surface area contributed by atoms with E-state index in [1.165, 1.54) is 11.3 Å². The third-order valence-electron chi connectivity index (χ3n) is 3.26. The number of aryl methyl sites for hydroxylation is 3. The number of nitrogens with two attached hydrogens (primary N) is 1. The monoisotopic (exact) mass is 244 g/mol. The summed E-state index contributed by atoms with van der Waals surface area (Å²) in [6.07, 6.45) is 3.51. The Morgan fingerprint density at radius 2 is 2.11 bits per heavy atom. The van der Waals surface area contributed by atoms with Crippen LogP contribution in [0, 0.1) is 6.92 Å². The molecule has 0 saturated carbocycles. The van der Waals surface area contributed by atoms with Gasteiger partial charge in [-0.25, -0.2) is 4.98 Å². The van der Waals surface area contributed by atoms with Crippen molar-refractivity contribution in [2.24, 2.45) is 0 Å². The summed E-state index contributed by atoms with van der Waals surface area (Å²) in [4.78, 5) is 4.17. The molecule has 0 aliphatic rings. The van der Waals surface area contributed by atoms with Crippen LogP contribution in [0.25, 0.3) is 0 Å². The van der Waals surface area contributed by atoms with Crippen LogP contribution in [0.2, 0.25) is 0 Å². The number of nitrogens with zero attached hydrogens (tertiary/aromatic N) is 3. The molecule has 0 unspecified atom stereocenters. The highest BCUT2D eigenvalue weighted by Crippen LogP contribution is 2.19. The van der Waals surface area contributed by atoms with Gasteiger partial charge in [-0.05, 0) is 38.0 Å². The number of pyridine rings is 1. The van der Waals surface area contributed by atoms with Gasteiger partial charge in [-0.15, -0.1) is 0 Å². The van der Waals surface area contributed by atoms with Gasteiger partial charge < -0.3 is 5.73 Å². The van der Waals surface area contributed by atoms with Crippen LogP contribution in [0.3, 0.4) is 0 Å². The van der Waals surface area contributed by atoms with E-state index >= 15 is 0 Å². The Kier molecular flexibility index (Phi) is 3.65. The van der Waals surface area contributed by atoms with Gasteiger partial charge in [0.25, 0.3) is 0 Å². The van der Waals surface area contributed by atoms with Gasteiger partial charge in [0.05, 0.1) is 5.69 Å². The van der Waals surface area contributed by atoms with Crippen LogP contribution >= 0.6 is 0 Å². The summed E-state index contributed by atoms with van der Waals surface area (Å²) in [7, 11) is 0. The van der Waals surface area contributed by atoms with Crippen molar-refractivity contribution in [1.82, 2.24) is 14.8 Å². The fraction of sp³-hybridized carbons (Fsp3) is 0.429. The Hall–Kier alpha value is -1.84. The normalized spacial score (nSPS) is 10.8. The second-order valence-corrected chi connectivity index (χ2v) is 4.46. The molecule has 2 aromatic rings. The molecule has 0 bridgehead atoms. The molecule has 0 fully saturated rings. The number of hydrogen-bond donors (Lipinski definition) is 1. The maximum Gasteiger partial charge on any atom is 0.127 e. The van der Waals surface area contributed by atoms with Crippen LogP contribution in [-0.2, 0) is 19.4 Å². The molecule has 0 amide bonds. The van der Waals surface area contributed by atoms with Gasteiger partial charge in [-0.3, -0.25) is 4.68 Å². The minimum absolute atomic E-state index is 0.622. The van der Waals surface area contributed by atoms with Gasteiger partial charge in [0.2, 0.25) is 0 Å². The van der Waals surface area contributed by atoms with Gasteiger partial charge in [-0.1, -0.05) is 6.92 Å². The first-order valence-electron chi connectivity index (χ1n) is 6.41. The molecule has 4 heteroatoms. The molecular formula is C14H20N4. The maximum atomic E-state index is 5.96. The molecular weight excluding hydrogens is 224 g/mol. The van der Waals surface area contributed by atoms with Crippen molar-refractivity contribution in [3.63, 3.8) is 0 Å². The molecule has 0 spiro atoms.